The monoisotopic (exact) mass is 668 g/mol. The lowest BCUT2D eigenvalue weighted by molar-refractivity contribution is 0.108. The molecule has 1 aromatic heterocycles. The topological polar surface area (TPSA) is 50.7 Å². The third-order valence-corrected chi connectivity index (χ3v) is 16.1. The van der Waals surface area contributed by atoms with E-state index in [0.717, 1.165) is 57.2 Å². The van der Waals surface area contributed by atoms with Crippen LogP contribution in [0.15, 0.2) is 22.4 Å². The zero-order valence-electron chi connectivity index (χ0n) is 24.6. The molecule has 1 aliphatic carbocycles. The highest BCUT2D eigenvalue weighted by molar-refractivity contribution is 9.10. The molecule has 0 amide bonds. The van der Waals surface area contributed by atoms with Crippen molar-refractivity contribution in [3.8, 4) is 6.01 Å². The Morgan fingerprint density at radius 2 is 2.02 bits per heavy atom. The number of hydrogen-bond donors (Lipinski definition) is 0. The highest BCUT2D eigenvalue weighted by atomic mass is 79.9. The molecule has 0 spiro atoms. The van der Waals surface area contributed by atoms with Gasteiger partial charge >= 0.3 is 6.01 Å². The molecule has 6 rings (SSSR count). The summed E-state index contributed by atoms with van der Waals surface area (Å²) in [6.45, 7) is 14.9. The summed E-state index contributed by atoms with van der Waals surface area (Å²) >= 11 is 9.72. The van der Waals surface area contributed by atoms with E-state index in [0.29, 0.717) is 42.6 Å². The zero-order valence-corrected chi connectivity index (χ0v) is 27.9. The number of ether oxygens (including phenoxy) is 1. The van der Waals surface area contributed by atoms with Crippen LogP contribution in [0, 0.1) is 17.7 Å². The van der Waals surface area contributed by atoms with Gasteiger partial charge in [0.15, 0.2) is 14.1 Å². The number of halogens is 4. The fraction of sp³-hybridized carbons (Fsp3) is 0.667. The summed E-state index contributed by atoms with van der Waals surface area (Å²) in [5.74, 6) is 0.981. The summed E-state index contributed by atoms with van der Waals surface area (Å²) < 4.78 is 42.4. The molecule has 1 unspecified atom stereocenters. The second-order valence-corrected chi connectivity index (χ2v) is 20.1. The summed E-state index contributed by atoms with van der Waals surface area (Å²) in [6, 6.07) is 1.89. The third kappa shape index (κ3) is 5.34. The van der Waals surface area contributed by atoms with Crippen molar-refractivity contribution in [3.05, 3.63) is 33.3 Å². The lowest BCUT2D eigenvalue weighted by Crippen LogP contribution is -2.46. The maximum atomic E-state index is 15.6. The van der Waals surface area contributed by atoms with Gasteiger partial charge < -0.3 is 14.1 Å². The average Bonchev–Trinajstić information content (AvgIpc) is 3.54. The van der Waals surface area contributed by atoms with Gasteiger partial charge in [0.2, 0.25) is 0 Å². The van der Waals surface area contributed by atoms with E-state index in [-0.39, 0.29) is 37.7 Å². The zero-order chi connectivity index (χ0) is 29.3. The number of rotatable bonds is 6. The molecule has 224 valence electrons. The minimum Gasteiger partial charge on any atom is -0.461 e. The van der Waals surface area contributed by atoms with E-state index >= 15 is 4.39 Å². The smallest absolute Gasteiger partial charge is 0.319 e. The van der Waals surface area contributed by atoms with Crippen LogP contribution in [0.5, 0.6) is 6.01 Å². The molecule has 1 saturated carbocycles. The van der Waals surface area contributed by atoms with Gasteiger partial charge in [-0.1, -0.05) is 32.4 Å². The second-order valence-electron chi connectivity index (χ2n) is 14.1. The second kappa shape index (κ2) is 10.7. The molecule has 2 bridgehead atoms. The van der Waals surface area contributed by atoms with Gasteiger partial charge in [0.1, 0.15) is 17.9 Å². The molecule has 6 nitrogen and oxygen atoms in total. The number of benzene rings is 1. The van der Waals surface area contributed by atoms with Crippen LogP contribution in [0.1, 0.15) is 52.9 Å². The molecule has 4 heterocycles. The van der Waals surface area contributed by atoms with E-state index in [9.17, 15) is 4.39 Å². The number of anilines is 1. The van der Waals surface area contributed by atoms with Crippen molar-refractivity contribution in [3.63, 3.8) is 0 Å². The molecule has 0 N–H and O–H groups in total. The van der Waals surface area contributed by atoms with Crippen LogP contribution in [0.25, 0.3) is 10.9 Å². The van der Waals surface area contributed by atoms with E-state index in [1.54, 1.807) is 6.07 Å². The highest BCUT2D eigenvalue weighted by Crippen LogP contribution is 2.47. The molecular formula is C30H40BrClF2N4O2Si. The Hall–Kier alpha value is -1.33. The summed E-state index contributed by atoms with van der Waals surface area (Å²) in [5, 5.41) is 1.01. The largest absolute Gasteiger partial charge is 0.461 e. The van der Waals surface area contributed by atoms with Gasteiger partial charge in [0, 0.05) is 37.0 Å². The van der Waals surface area contributed by atoms with Gasteiger partial charge in [-0.15, -0.1) is 0 Å². The SMILES string of the molecule is CC(C)(C)[Si](C)(C)O[C@@H]1C[C@@H]2C[C@H]1CN(c1nc(OCC34CCCN3C/C(=C\F)C4)nc3c(F)c(Br)c(Cl)cc13)C2. The Morgan fingerprint density at radius 1 is 1.24 bits per heavy atom. The summed E-state index contributed by atoms with van der Waals surface area (Å²) in [6.07, 6.45) is 5.71. The van der Waals surface area contributed by atoms with Crippen LogP contribution in [0.3, 0.4) is 0 Å². The lowest BCUT2D eigenvalue weighted by atomic mass is 9.94. The maximum absolute atomic E-state index is 15.6. The van der Waals surface area contributed by atoms with Crippen LogP contribution in [0.2, 0.25) is 23.2 Å². The van der Waals surface area contributed by atoms with Crippen molar-refractivity contribution in [2.24, 2.45) is 11.8 Å². The average molecular weight is 670 g/mol. The van der Waals surface area contributed by atoms with Crippen molar-refractivity contribution in [2.75, 3.05) is 37.7 Å². The molecule has 2 aromatic rings. The number of fused-ring (bicyclic) bond motifs is 4. The first kappa shape index (κ1) is 29.7. The molecule has 4 fully saturated rings. The first-order chi connectivity index (χ1) is 19.3. The Morgan fingerprint density at radius 3 is 2.76 bits per heavy atom. The van der Waals surface area contributed by atoms with Crippen molar-refractivity contribution < 1.29 is 17.9 Å². The van der Waals surface area contributed by atoms with Gasteiger partial charge in [-0.2, -0.15) is 9.97 Å². The summed E-state index contributed by atoms with van der Waals surface area (Å²) in [4.78, 5) is 14.0. The lowest BCUT2D eigenvalue weighted by Gasteiger charge is -2.40. The quantitative estimate of drug-likeness (QED) is 0.230. The van der Waals surface area contributed by atoms with Crippen molar-refractivity contribution in [2.45, 2.75) is 82.7 Å². The fourth-order valence-electron chi connectivity index (χ4n) is 7.17. The number of hydrogen-bond acceptors (Lipinski definition) is 6. The van der Waals surface area contributed by atoms with E-state index in [1.165, 1.54) is 0 Å². The van der Waals surface area contributed by atoms with Crippen LogP contribution in [0.4, 0.5) is 14.6 Å². The summed E-state index contributed by atoms with van der Waals surface area (Å²) in [7, 11) is -1.92. The molecule has 3 aliphatic heterocycles. The minimum atomic E-state index is -1.92. The molecule has 4 atom stereocenters. The fourth-order valence-corrected chi connectivity index (χ4v) is 9.07. The molecule has 11 heteroatoms. The van der Waals surface area contributed by atoms with E-state index in [1.807, 2.05) is 0 Å². The number of nitrogens with zero attached hydrogens (tertiary/aromatic N) is 4. The summed E-state index contributed by atoms with van der Waals surface area (Å²) in [5.41, 5.74) is 0.703. The van der Waals surface area contributed by atoms with Gasteiger partial charge in [0.05, 0.1) is 21.4 Å². The van der Waals surface area contributed by atoms with Crippen LogP contribution in [-0.4, -0.2) is 67.6 Å². The van der Waals surface area contributed by atoms with Gasteiger partial charge in [-0.25, -0.2) is 8.78 Å². The molecule has 0 radical (unpaired) electrons. The van der Waals surface area contributed by atoms with Gasteiger partial charge in [-0.3, -0.25) is 4.90 Å². The maximum Gasteiger partial charge on any atom is 0.319 e. The predicted molar refractivity (Wildman–Crippen MR) is 166 cm³/mol. The van der Waals surface area contributed by atoms with Crippen LogP contribution in [-0.2, 0) is 4.43 Å². The van der Waals surface area contributed by atoms with Crippen LogP contribution < -0.4 is 9.64 Å². The van der Waals surface area contributed by atoms with E-state index in [4.69, 9.17) is 25.7 Å². The highest BCUT2D eigenvalue weighted by Gasteiger charge is 2.48. The van der Waals surface area contributed by atoms with Crippen molar-refractivity contribution in [1.82, 2.24) is 14.9 Å². The van der Waals surface area contributed by atoms with Gasteiger partial charge in [0.25, 0.3) is 0 Å². The normalized spacial score (nSPS) is 29.6. The third-order valence-electron chi connectivity index (χ3n) is 10.3. The van der Waals surface area contributed by atoms with Gasteiger partial charge in [-0.05, 0) is 90.3 Å². The van der Waals surface area contributed by atoms with Crippen LogP contribution >= 0.6 is 27.5 Å². The Kier molecular flexibility index (Phi) is 7.74. The Balaban J connectivity index is 1.31. The Labute approximate surface area is 256 Å². The van der Waals surface area contributed by atoms with Crippen molar-refractivity contribution >= 4 is 52.6 Å². The molecule has 41 heavy (non-hydrogen) atoms. The molecule has 4 aliphatic rings. The molecule has 1 aromatic carbocycles. The Bertz CT molecular complexity index is 1390. The predicted octanol–water partition coefficient (Wildman–Crippen LogP) is 7.89. The van der Waals surface area contributed by atoms with E-state index < -0.39 is 14.1 Å². The molecule has 3 saturated heterocycles. The number of aromatic nitrogens is 2. The first-order valence-electron chi connectivity index (χ1n) is 14.7. The molecular weight excluding hydrogens is 630 g/mol. The first-order valence-corrected chi connectivity index (χ1v) is 18.8. The van der Waals surface area contributed by atoms with Crippen molar-refractivity contribution in [1.29, 1.82) is 0 Å². The minimum absolute atomic E-state index is 0.145. The van der Waals surface area contributed by atoms with E-state index in [2.05, 4.69) is 64.6 Å². The standard InChI is InChI=1S/C30H40BrClF2N4O2Si/c1-29(2,3)41(4,5)40-23-10-18-9-20(23)16-37(14-18)27-21-11-22(32)24(31)25(34)26(21)35-28(36-27)39-17-30-7-6-8-38(30)15-19(12-30)13-33/h11,13,18,20,23H,6-10,12,14-17H2,1-5H3/b19-13-/t18-,20-,23+,30?/m0/s1. The number of piperidine rings is 1.